The van der Waals surface area contributed by atoms with E-state index in [0.29, 0.717) is 54.9 Å². The Morgan fingerprint density at radius 1 is 1.05 bits per heavy atom. The molecule has 236 valence electrons. The Hall–Kier alpha value is -2.92. The summed E-state index contributed by atoms with van der Waals surface area (Å²) in [6.07, 6.45) is 6.13. The fourth-order valence-corrected chi connectivity index (χ4v) is 8.80. The van der Waals surface area contributed by atoms with Gasteiger partial charge in [-0.05, 0) is 89.3 Å². The number of carbonyl (C=O) groups excluding carboxylic acids is 1. The lowest BCUT2D eigenvalue weighted by Gasteiger charge is -2.41. The van der Waals surface area contributed by atoms with Gasteiger partial charge in [0.15, 0.2) is 0 Å². The molecule has 2 aromatic carbocycles. The Bertz CT molecular complexity index is 1560. The molecule has 2 saturated heterocycles. The third-order valence-corrected chi connectivity index (χ3v) is 12.1. The summed E-state index contributed by atoms with van der Waals surface area (Å²) in [6.45, 7) is 8.02. The molecule has 2 amide bonds. The topological polar surface area (TPSA) is 90.8 Å². The summed E-state index contributed by atoms with van der Waals surface area (Å²) in [4.78, 5) is 22.8. The molecule has 6 rings (SSSR count). The minimum atomic E-state index is -3.30. The number of rotatable bonds is 9. The van der Waals surface area contributed by atoms with E-state index in [4.69, 9.17) is 16.6 Å². The molecule has 4 heterocycles. The predicted molar refractivity (Wildman–Crippen MR) is 176 cm³/mol. The van der Waals surface area contributed by atoms with Crippen molar-refractivity contribution in [2.45, 2.75) is 89.2 Å². The van der Waals surface area contributed by atoms with Gasteiger partial charge in [0.1, 0.15) is 5.82 Å². The summed E-state index contributed by atoms with van der Waals surface area (Å²) in [7, 11) is -3.30. The van der Waals surface area contributed by atoms with Gasteiger partial charge in [0.25, 0.3) is 0 Å². The van der Waals surface area contributed by atoms with Crippen LogP contribution >= 0.6 is 11.6 Å². The summed E-state index contributed by atoms with van der Waals surface area (Å²) >= 11 is 6.03. The molecule has 3 aliphatic rings. The van der Waals surface area contributed by atoms with E-state index in [1.165, 1.54) is 18.5 Å². The first-order valence-corrected chi connectivity index (χ1v) is 17.7. The number of amides is 2. The Labute approximate surface area is 266 Å². The quantitative estimate of drug-likeness (QED) is 0.300. The zero-order valence-electron chi connectivity index (χ0n) is 25.8. The number of imidazole rings is 1. The van der Waals surface area contributed by atoms with Crippen molar-refractivity contribution < 1.29 is 13.2 Å². The van der Waals surface area contributed by atoms with Crippen LogP contribution in [0.3, 0.4) is 0 Å². The van der Waals surface area contributed by atoms with Gasteiger partial charge in [0.2, 0.25) is 10.0 Å². The number of fused-ring (bicyclic) bond motifs is 3. The second-order valence-electron chi connectivity index (χ2n) is 12.6. The number of halogens is 1. The number of nitrogens with zero attached hydrogens (tertiary/aromatic N) is 5. The highest BCUT2D eigenvalue weighted by Gasteiger charge is 2.42. The van der Waals surface area contributed by atoms with Crippen molar-refractivity contribution >= 4 is 39.0 Å². The first-order valence-electron chi connectivity index (χ1n) is 15.8. The zero-order valence-corrected chi connectivity index (χ0v) is 27.4. The lowest BCUT2D eigenvalue weighted by atomic mass is 9.96. The van der Waals surface area contributed by atoms with E-state index in [2.05, 4.69) is 21.7 Å². The van der Waals surface area contributed by atoms with Crippen LogP contribution in [0.4, 0.5) is 16.2 Å². The number of hydrogen-bond donors (Lipinski definition) is 1. The summed E-state index contributed by atoms with van der Waals surface area (Å²) in [6, 6.07) is 18.2. The van der Waals surface area contributed by atoms with Gasteiger partial charge in [-0.1, -0.05) is 29.8 Å². The molecule has 0 saturated carbocycles. The van der Waals surface area contributed by atoms with Crippen molar-refractivity contribution in [3.05, 3.63) is 76.8 Å². The summed E-state index contributed by atoms with van der Waals surface area (Å²) in [5.74, 6) is 1.00. The number of carbonyl (C=O) groups is 1. The minimum Gasteiger partial charge on any atom is -0.329 e. The molecule has 2 fully saturated rings. The van der Waals surface area contributed by atoms with Crippen molar-refractivity contribution in [1.29, 1.82) is 0 Å². The molecule has 0 spiro atoms. The number of benzene rings is 2. The smallest absolute Gasteiger partial charge is 0.326 e. The molecular formula is C33H43ClN6O3S. The zero-order chi connectivity index (χ0) is 31.0. The first kappa shape index (κ1) is 31.1. The highest BCUT2D eigenvalue weighted by Crippen LogP contribution is 2.42. The SMILES string of the molecule is Cc1nc2c(n1C1C[C@H]3CC[C@@H](C1)N3CCCN(C(=O)Nc1ccc(Cl)cc1)c1ccccc1)CCN(S(=O)(=O)C(C)C)C2. The Morgan fingerprint density at radius 2 is 1.73 bits per heavy atom. The molecule has 0 aliphatic carbocycles. The molecule has 3 aromatic rings. The van der Waals surface area contributed by atoms with Gasteiger partial charge >= 0.3 is 6.03 Å². The molecule has 1 aromatic heterocycles. The lowest BCUT2D eigenvalue weighted by Crippen LogP contribution is -2.45. The fraction of sp³-hybridized carbons (Fsp3) is 0.515. The van der Waals surface area contributed by atoms with Gasteiger partial charge in [-0.15, -0.1) is 0 Å². The Kier molecular flexibility index (Phi) is 9.06. The van der Waals surface area contributed by atoms with E-state index >= 15 is 0 Å². The Morgan fingerprint density at radius 3 is 2.39 bits per heavy atom. The summed E-state index contributed by atoms with van der Waals surface area (Å²) in [5, 5.41) is 3.23. The largest absolute Gasteiger partial charge is 0.329 e. The number of para-hydroxylation sites is 1. The van der Waals surface area contributed by atoms with Crippen molar-refractivity contribution in [2.75, 3.05) is 29.9 Å². The van der Waals surface area contributed by atoms with E-state index in [0.717, 1.165) is 43.0 Å². The second-order valence-corrected chi connectivity index (χ2v) is 15.6. The molecule has 1 N–H and O–H groups in total. The predicted octanol–water partition coefficient (Wildman–Crippen LogP) is 6.24. The molecule has 44 heavy (non-hydrogen) atoms. The molecule has 3 atom stereocenters. The monoisotopic (exact) mass is 638 g/mol. The van der Waals surface area contributed by atoms with Crippen molar-refractivity contribution in [2.24, 2.45) is 0 Å². The maximum atomic E-state index is 13.4. The maximum absolute atomic E-state index is 13.4. The highest BCUT2D eigenvalue weighted by molar-refractivity contribution is 7.89. The van der Waals surface area contributed by atoms with Crippen LogP contribution in [0.25, 0.3) is 0 Å². The number of anilines is 2. The second kappa shape index (κ2) is 12.8. The van der Waals surface area contributed by atoms with Gasteiger partial charge in [-0.2, -0.15) is 4.31 Å². The fourth-order valence-electron chi connectivity index (χ4n) is 7.43. The van der Waals surface area contributed by atoms with E-state index in [1.54, 1.807) is 30.3 Å². The molecule has 1 unspecified atom stereocenters. The van der Waals surface area contributed by atoms with Crippen molar-refractivity contribution in [1.82, 2.24) is 18.8 Å². The van der Waals surface area contributed by atoms with Crippen molar-refractivity contribution in [3.8, 4) is 0 Å². The molecule has 3 aliphatic heterocycles. The third-order valence-electron chi connectivity index (χ3n) is 9.58. The van der Waals surface area contributed by atoms with Crippen LogP contribution < -0.4 is 10.2 Å². The van der Waals surface area contributed by atoms with Gasteiger partial charge in [0.05, 0.1) is 17.5 Å². The lowest BCUT2D eigenvalue weighted by molar-refractivity contribution is 0.104. The van der Waals surface area contributed by atoms with Crippen LogP contribution in [0.1, 0.15) is 69.2 Å². The van der Waals surface area contributed by atoms with Crippen LogP contribution in [0.5, 0.6) is 0 Å². The van der Waals surface area contributed by atoms with Gasteiger partial charge < -0.3 is 9.88 Å². The van der Waals surface area contributed by atoms with Crippen molar-refractivity contribution in [3.63, 3.8) is 0 Å². The maximum Gasteiger partial charge on any atom is 0.326 e. The van der Waals surface area contributed by atoms with Gasteiger partial charge in [-0.25, -0.2) is 18.2 Å². The molecule has 11 heteroatoms. The van der Waals surface area contributed by atoms with E-state index < -0.39 is 15.3 Å². The normalized spacial score (nSPS) is 22.2. The Balaban J connectivity index is 1.10. The van der Waals surface area contributed by atoms with Gasteiger partial charge in [-0.3, -0.25) is 9.80 Å². The standard InChI is InChI=1S/C33H43ClN6O3S/c1-23(2)44(42,43)37-19-16-32-31(22-37)35-24(3)40(32)30-20-28-14-15-29(21-30)38(28)17-7-18-39(27-8-5-4-6-9-27)33(41)36-26-12-10-25(34)11-13-26/h4-6,8-13,23,28-30H,7,14-22H2,1-3H3,(H,36,41)/t28-,29+,30?. The third kappa shape index (κ3) is 6.27. The van der Waals surface area contributed by atoms with Crippen LogP contribution in [0.15, 0.2) is 54.6 Å². The first-order chi connectivity index (χ1) is 21.1. The van der Waals surface area contributed by atoms with Crippen LogP contribution in [0, 0.1) is 6.92 Å². The van der Waals surface area contributed by atoms with E-state index in [-0.39, 0.29) is 6.03 Å². The van der Waals surface area contributed by atoms with Crippen LogP contribution in [-0.4, -0.2) is 70.2 Å². The number of aromatic nitrogens is 2. The number of urea groups is 1. The minimum absolute atomic E-state index is 0.152. The molecule has 0 radical (unpaired) electrons. The molecule has 2 bridgehead atoms. The summed E-state index contributed by atoms with van der Waals surface area (Å²) < 4.78 is 29.7. The average molecular weight is 639 g/mol. The number of aryl methyl sites for hydroxylation is 1. The number of hydrogen-bond acceptors (Lipinski definition) is 5. The number of nitrogens with one attached hydrogen (secondary N) is 1. The number of piperidine rings is 1. The highest BCUT2D eigenvalue weighted by atomic mass is 35.5. The summed E-state index contributed by atoms with van der Waals surface area (Å²) in [5.41, 5.74) is 3.74. The van der Waals surface area contributed by atoms with E-state index in [1.807, 2.05) is 47.4 Å². The molecule has 9 nitrogen and oxygen atoms in total. The van der Waals surface area contributed by atoms with Crippen LogP contribution in [0.2, 0.25) is 5.02 Å². The number of sulfonamides is 1. The average Bonchev–Trinajstić information content (AvgIpc) is 3.46. The van der Waals surface area contributed by atoms with Gasteiger partial charge in [0, 0.05) is 66.3 Å². The van der Waals surface area contributed by atoms with Crippen LogP contribution in [-0.2, 0) is 23.0 Å². The van der Waals surface area contributed by atoms with E-state index in [9.17, 15) is 13.2 Å². The molecular weight excluding hydrogens is 596 g/mol.